The summed E-state index contributed by atoms with van der Waals surface area (Å²) in [5.74, 6) is -0.380. The second-order valence-corrected chi connectivity index (χ2v) is 3.79. The lowest BCUT2D eigenvalue weighted by Crippen LogP contribution is -2.28. The first kappa shape index (κ1) is 13.5. The van der Waals surface area contributed by atoms with E-state index >= 15 is 0 Å². The molecule has 0 aliphatic carbocycles. The number of nitrogens with zero attached hydrogens (tertiary/aromatic N) is 2. The van der Waals surface area contributed by atoms with Crippen LogP contribution in [-0.4, -0.2) is 31.1 Å². The number of likely N-dealkylation sites (N-methyl/N-ethyl adjacent to an activating group) is 1. The molecule has 17 heavy (non-hydrogen) atoms. The van der Waals surface area contributed by atoms with Crippen LogP contribution in [0.15, 0.2) is 18.2 Å². The second kappa shape index (κ2) is 6.87. The van der Waals surface area contributed by atoms with Crippen LogP contribution in [-0.2, 0) is 0 Å². The standard InChI is InChI=1S/C13H18FN3/c1-3-17(4-2)6-5-16-13-8-11(10-15)7-12(14)9-13/h7-9,16H,3-6H2,1-2H3. The Kier molecular flexibility index (Phi) is 5.44. The molecule has 0 aliphatic heterocycles. The predicted molar refractivity (Wildman–Crippen MR) is 67.4 cm³/mol. The molecule has 0 atom stereocenters. The quantitative estimate of drug-likeness (QED) is 0.823. The Balaban J connectivity index is 2.52. The maximum atomic E-state index is 13.1. The molecule has 1 N–H and O–H groups in total. The van der Waals surface area contributed by atoms with Gasteiger partial charge in [0.15, 0.2) is 0 Å². The normalized spacial score (nSPS) is 10.3. The molecule has 0 bridgehead atoms. The lowest BCUT2D eigenvalue weighted by molar-refractivity contribution is 0.316. The summed E-state index contributed by atoms with van der Waals surface area (Å²) in [4.78, 5) is 2.28. The SMILES string of the molecule is CCN(CC)CCNc1cc(F)cc(C#N)c1. The second-order valence-electron chi connectivity index (χ2n) is 3.79. The average Bonchev–Trinajstić information content (AvgIpc) is 2.34. The van der Waals surface area contributed by atoms with Gasteiger partial charge in [0.05, 0.1) is 11.6 Å². The molecule has 4 heteroatoms. The number of nitriles is 1. The van der Waals surface area contributed by atoms with Gasteiger partial charge in [-0.25, -0.2) is 4.39 Å². The highest BCUT2D eigenvalue weighted by atomic mass is 19.1. The molecule has 0 spiro atoms. The van der Waals surface area contributed by atoms with Gasteiger partial charge in [0.2, 0.25) is 0 Å². The van der Waals surface area contributed by atoms with Crippen molar-refractivity contribution in [1.82, 2.24) is 4.90 Å². The summed E-state index contributed by atoms with van der Waals surface area (Å²) in [6.07, 6.45) is 0. The first-order valence-corrected chi connectivity index (χ1v) is 5.86. The van der Waals surface area contributed by atoms with Crippen LogP contribution in [0, 0.1) is 17.1 Å². The van der Waals surface area contributed by atoms with Gasteiger partial charge in [-0.15, -0.1) is 0 Å². The van der Waals surface area contributed by atoms with Crippen molar-refractivity contribution in [3.05, 3.63) is 29.6 Å². The van der Waals surface area contributed by atoms with Crippen LogP contribution < -0.4 is 5.32 Å². The summed E-state index contributed by atoms with van der Waals surface area (Å²) in [5, 5.41) is 11.9. The highest BCUT2D eigenvalue weighted by molar-refractivity contribution is 5.49. The molecule has 0 amide bonds. The van der Waals surface area contributed by atoms with E-state index in [2.05, 4.69) is 24.1 Å². The van der Waals surface area contributed by atoms with Crippen molar-refractivity contribution < 1.29 is 4.39 Å². The largest absolute Gasteiger partial charge is 0.384 e. The van der Waals surface area contributed by atoms with Gasteiger partial charge in [-0.1, -0.05) is 13.8 Å². The van der Waals surface area contributed by atoms with Crippen molar-refractivity contribution in [2.45, 2.75) is 13.8 Å². The van der Waals surface area contributed by atoms with Crippen molar-refractivity contribution in [1.29, 1.82) is 5.26 Å². The van der Waals surface area contributed by atoms with Crippen LogP contribution in [0.2, 0.25) is 0 Å². The van der Waals surface area contributed by atoms with Crippen LogP contribution in [0.5, 0.6) is 0 Å². The van der Waals surface area contributed by atoms with E-state index in [-0.39, 0.29) is 5.82 Å². The van der Waals surface area contributed by atoms with Gasteiger partial charge in [-0.2, -0.15) is 5.26 Å². The zero-order chi connectivity index (χ0) is 12.7. The monoisotopic (exact) mass is 235 g/mol. The molecule has 0 heterocycles. The van der Waals surface area contributed by atoms with Crippen molar-refractivity contribution in [3.8, 4) is 6.07 Å². The number of halogens is 1. The Morgan fingerprint density at radius 1 is 1.29 bits per heavy atom. The molecule has 1 aromatic carbocycles. The summed E-state index contributed by atoms with van der Waals surface area (Å²) in [7, 11) is 0. The number of anilines is 1. The molecule has 0 radical (unpaired) electrons. The van der Waals surface area contributed by atoms with Crippen LogP contribution in [0.3, 0.4) is 0 Å². The molecular weight excluding hydrogens is 217 g/mol. The minimum absolute atomic E-state index is 0.343. The van der Waals surface area contributed by atoms with E-state index in [9.17, 15) is 4.39 Å². The summed E-state index contributed by atoms with van der Waals surface area (Å²) in [5.41, 5.74) is 1.00. The van der Waals surface area contributed by atoms with E-state index in [4.69, 9.17) is 5.26 Å². The van der Waals surface area contributed by atoms with Crippen molar-refractivity contribution >= 4 is 5.69 Å². The highest BCUT2D eigenvalue weighted by Crippen LogP contribution is 2.12. The summed E-state index contributed by atoms with van der Waals surface area (Å²) in [6.45, 7) is 7.88. The molecule has 0 saturated heterocycles. The third-order valence-corrected chi connectivity index (χ3v) is 2.68. The van der Waals surface area contributed by atoms with Crippen LogP contribution in [0.4, 0.5) is 10.1 Å². The lowest BCUT2D eigenvalue weighted by Gasteiger charge is -2.18. The molecule has 92 valence electrons. The molecule has 0 saturated carbocycles. The topological polar surface area (TPSA) is 39.1 Å². The summed E-state index contributed by atoms with van der Waals surface area (Å²) < 4.78 is 13.1. The Bertz CT molecular complexity index is 394. The smallest absolute Gasteiger partial charge is 0.126 e. The Labute approximate surface area is 102 Å². The number of hydrogen-bond acceptors (Lipinski definition) is 3. The van der Waals surface area contributed by atoms with Gasteiger partial charge in [0.25, 0.3) is 0 Å². The number of rotatable bonds is 6. The third-order valence-electron chi connectivity index (χ3n) is 2.68. The van der Waals surface area contributed by atoms with E-state index in [1.54, 1.807) is 6.07 Å². The van der Waals surface area contributed by atoms with E-state index in [0.717, 1.165) is 26.2 Å². The van der Waals surface area contributed by atoms with Gasteiger partial charge < -0.3 is 10.2 Å². The molecule has 1 rings (SSSR count). The predicted octanol–water partition coefficient (Wildman–Crippen LogP) is 2.45. The van der Waals surface area contributed by atoms with Crippen LogP contribution in [0.25, 0.3) is 0 Å². The average molecular weight is 235 g/mol. The number of nitrogens with one attached hydrogen (secondary N) is 1. The highest BCUT2D eigenvalue weighted by Gasteiger charge is 2.01. The van der Waals surface area contributed by atoms with Crippen LogP contribution >= 0.6 is 0 Å². The minimum atomic E-state index is -0.380. The van der Waals surface area contributed by atoms with Crippen molar-refractivity contribution in [3.63, 3.8) is 0 Å². The lowest BCUT2D eigenvalue weighted by atomic mass is 10.2. The van der Waals surface area contributed by atoms with E-state index < -0.39 is 0 Å². The zero-order valence-electron chi connectivity index (χ0n) is 10.3. The molecule has 0 aliphatic rings. The van der Waals surface area contributed by atoms with Crippen molar-refractivity contribution in [2.24, 2.45) is 0 Å². The van der Waals surface area contributed by atoms with Gasteiger partial charge in [0.1, 0.15) is 5.82 Å². The fraction of sp³-hybridized carbons (Fsp3) is 0.462. The van der Waals surface area contributed by atoms with Gasteiger partial charge >= 0.3 is 0 Å². The maximum Gasteiger partial charge on any atom is 0.126 e. The Hall–Kier alpha value is -1.60. The fourth-order valence-electron chi connectivity index (χ4n) is 1.65. The fourth-order valence-corrected chi connectivity index (χ4v) is 1.65. The van der Waals surface area contributed by atoms with E-state index in [0.29, 0.717) is 11.3 Å². The van der Waals surface area contributed by atoms with Crippen molar-refractivity contribution in [2.75, 3.05) is 31.5 Å². The number of benzene rings is 1. The minimum Gasteiger partial charge on any atom is -0.384 e. The summed E-state index contributed by atoms with van der Waals surface area (Å²) >= 11 is 0. The Morgan fingerprint density at radius 3 is 2.59 bits per heavy atom. The zero-order valence-corrected chi connectivity index (χ0v) is 10.3. The number of hydrogen-bond donors (Lipinski definition) is 1. The maximum absolute atomic E-state index is 13.1. The van der Waals surface area contributed by atoms with Crippen LogP contribution in [0.1, 0.15) is 19.4 Å². The summed E-state index contributed by atoms with van der Waals surface area (Å²) in [6, 6.07) is 6.23. The molecule has 0 fully saturated rings. The van der Waals surface area contributed by atoms with E-state index in [1.165, 1.54) is 12.1 Å². The van der Waals surface area contributed by atoms with Gasteiger partial charge in [0, 0.05) is 18.8 Å². The third kappa shape index (κ3) is 4.41. The molecule has 1 aromatic rings. The first-order valence-electron chi connectivity index (χ1n) is 5.86. The molecule has 3 nitrogen and oxygen atoms in total. The molecule has 0 unspecified atom stereocenters. The first-order chi connectivity index (χ1) is 8.19. The van der Waals surface area contributed by atoms with Gasteiger partial charge in [-0.05, 0) is 31.3 Å². The van der Waals surface area contributed by atoms with Gasteiger partial charge in [-0.3, -0.25) is 0 Å². The molecular formula is C13H18FN3. The van der Waals surface area contributed by atoms with E-state index in [1.807, 2.05) is 6.07 Å². The Morgan fingerprint density at radius 2 is 2.00 bits per heavy atom. The molecule has 0 aromatic heterocycles.